The van der Waals surface area contributed by atoms with E-state index in [9.17, 15) is 14.4 Å². The number of nitrogens with zero attached hydrogens (tertiary/aromatic N) is 3. The van der Waals surface area contributed by atoms with E-state index >= 15 is 0 Å². The molecule has 0 bridgehead atoms. The summed E-state index contributed by atoms with van der Waals surface area (Å²) >= 11 is 0. The molecule has 2 heterocycles. The van der Waals surface area contributed by atoms with Crippen LogP contribution >= 0.6 is 0 Å². The molecule has 0 spiro atoms. The van der Waals surface area contributed by atoms with E-state index in [1.54, 1.807) is 11.8 Å². The predicted octanol–water partition coefficient (Wildman–Crippen LogP) is 4.56. The second-order valence-electron chi connectivity index (χ2n) is 9.43. The van der Waals surface area contributed by atoms with Crippen molar-refractivity contribution in [3.8, 4) is 5.69 Å². The Labute approximate surface area is 211 Å². The summed E-state index contributed by atoms with van der Waals surface area (Å²) in [4.78, 5) is 42.4. The van der Waals surface area contributed by atoms with Crippen molar-refractivity contribution in [1.29, 1.82) is 0 Å². The Morgan fingerprint density at radius 1 is 0.944 bits per heavy atom. The molecule has 2 aromatic carbocycles. The van der Waals surface area contributed by atoms with Crippen LogP contribution in [0.3, 0.4) is 0 Å². The molecule has 2 amide bonds. The Morgan fingerprint density at radius 2 is 1.67 bits per heavy atom. The smallest absolute Gasteiger partial charge is 0.306 e. The number of carbonyl (C=O) groups excluding carboxylic acids is 3. The summed E-state index contributed by atoms with van der Waals surface area (Å²) in [5.41, 5.74) is 4.90. The number of esters is 1. The highest BCUT2D eigenvalue weighted by atomic mass is 16.5. The molecule has 1 aliphatic carbocycles. The zero-order valence-electron chi connectivity index (χ0n) is 20.7. The van der Waals surface area contributed by atoms with E-state index in [0.29, 0.717) is 0 Å². The molecule has 186 valence electrons. The van der Waals surface area contributed by atoms with Crippen molar-refractivity contribution in [2.75, 3.05) is 18.1 Å². The molecule has 0 saturated heterocycles. The van der Waals surface area contributed by atoms with Gasteiger partial charge in [-0.3, -0.25) is 19.3 Å². The van der Waals surface area contributed by atoms with Crippen molar-refractivity contribution < 1.29 is 19.1 Å². The maximum absolute atomic E-state index is 14.1. The van der Waals surface area contributed by atoms with Crippen LogP contribution in [0.25, 0.3) is 5.69 Å². The van der Waals surface area contributed by atoms with Crippen LogP contribution in [0.4, 0.5) is 5.69 Å². The van der Waals surface area contributed by atoms with Gasteiger partial charge in [-0.05, 0) is 56.5 Å². The molecular formula is C29H31N3O4. The first kappa shape index (κ1) is 23.9. The minimum atomic E-state index is -0.391. The fraction of sp³-hybridized carbons (Fsp3) is 0.345. The van der Waals surface area contributed by atoms with Gasteiger partial charge in [-0.2, -0.15) is 0 Å². The summed E-state index contributed by atoms with van der Waals surface area (Å²) < 4.78 is 7.11. The lowest BCUT2D eigenvalue weighted by Gasteiger charge is -2.39. The summed E-state index contributed by atoms with van der Waals surface area (Å²) in [7, 11) is 0. The summed E-state index contributed by atoms with van der Waals surface area (Å²) in [6.07, 6.45) is 3.84. The molecule has 1 atom stereocenters. The first-order valence-corrected chi connectivity index (χ1v) is 12.6. The second kappa shape index (κ2) is 10.0. The fourth-order valence-electron chi connectivity index (χ4n) is 4.94. The van der Waals surface area contributed by atoms with Gasteiger partial charge in [0.2, 0.25) is 11.8 Å². The molecule has 1 saturated carbocycles. The lowest BCUT2D eigenvalue weighted by Crippen LogP contribution is -2.47. The standard InChI is InChI=1S/C29H31N3O4/c1-3-36-28(35)17-16-26(33)31(22-14-15-22)19-27(34)32-24-8-5-4-7-23(24)30-18-6-9-25(30)29(32)21-12-10-20(2)11-13-21/h4-13,18,22,29H,3,14-17,19H2,1-2H3. The zero-order chi connectivity index (χ0) is 25.2. The van der Waals surface area contributed by atoms with Gasteiger partial charge in [0, 0.05) is 18.7 Å². The van der Waals surface area contributed by atoms with Gasteiger partial charge in [0.25, 0.3) is 0 Å². The van der Waals surface area contributed by atoms with Crippen LogP contribution in [-0.4, -0.2) is 46.4 Å². The highest BCUT2D eigenvalue weighted by Gasteiger charge is 2.39. The minimum absolute atomic E-state index is 0.0239. The van der Waals surface area contributed by atoms with Gasteiger partial charge in [0.1, 0.15) is 12.6 Å². The van der Waals surface area contributed by atoms with Crippen molar-refractivity contribution in [3.05, 3.63) is 83.7 Å². The van der Waals surface area contributed by atoms with Crippen molar-refractivity contribution in [3.63, 3.8) is 0 Å². The molecule has 1 aliphatic heterocycles. The summed E-state index contributed by atoms with van der Waals surface area (Å²) in [6.45, 7) is 4.05. The number of benzene rings is 2. The van der Waals surface area contributed by atoms with Gasteiger partial charge in [0.05, 0.1) is 30.1 Å². The lowest BCUT2D eigenvalue weighted by molar-refractivity contribution is -0.146. The molecule has 1 fully saturated rings. The first-order valence-electron chi connectivity index (χ1n) is 12.6. The molecule has 0 N–H and O–H groups in total. The highest BCUT2D eigenvalue weighted by molar-refractivity contribution is 6.00. The van der Waals surface area contributed by atoms with Crippen LogP contribution in [-0.2, 0) is 19.1 Å². The number of ether oxygens (including phenoxy) is 1. The van der Waals surface area contributed by atoms with Crippen molar-refractivity contribution in [1.82, 2.24) is 9.47 Å². The third kappa shape index (κ3) is 4.65. The van der Waals surface area contributed by atoms with E-state index in [2.05, 4.69) is 28.8 Å². The Morgan fingerprint density at radius 3 is 2.36 bits per heavy atom. The highest BCUT2D eigenvalue weighted by Crippen LogP contribution is 2.42. The largest absolute Gasteiger partial charge is 0.466 e. The van der Waals surface area contributed by atoms with Gasteiger partial charge in [-0.25, -0.2) is 0 Å². The number of hydrogen-bond acceptors (Lipinski definition) is 4. The van der Waals surface area contributed by atoms with E-state index in [0.717, 1.165) is 41.0 Å². The number of hydrogen-bond donors (Lipinski definition) is 0. The topological polar surface area (TPSA) is 71.8 Å². The second-order valence-corrected chi connectivity index (χ2v) is 9.43. The number of fused-ring (bicyclic) bond motifs is 3. The Bertz CT molecular complexity index is 1280. The number of rotatable bonds is 8. The maximum Gasteiger partial charge on any atom is 0.306 e. The van der Waals surface area contributed by atoms with Crippen LogP contribution in [0, 0.1) is 6.92 Å². The molecule has 2 aliphatic rings. The third-order valence-electron chi connectivity index (χ3n) is 6.84. The van der Waals surface area contributed by atoms with E-state index in [1.165, 1.54) is 0 Å². The predicted molar refractivity (Wildman–Crippen MR) is 137 cm³/mol. The summed E-state index contributed by atoms with van der Waals surface area (Å²) in [5.74, 6) is -0.714. The Hall–Kier alpha value is -3.87. The molecule has 5 rings (SSSR count). The maximum atomic E-state index is 14.1. The summed E-state index contributed by atoms with van der Waals surface area (Å²) in [6, 6.07) is 19.9. The number of carbonyl (C=O) groups is 3. The average Bonchev–Trinajstić information content (AvgIpc) is 3.60. The molecule has 7 nitrogen and oxygen atoms in total. The van der Waals surface area contributed by atoms with Gasteiger partial charge in [-0.15, -0.1) is 0 Å². The molecule has 36 heavy (non-hydrogen) atoms. The normalized spacial score (nSPS) is 16.2. The van der Waals surface area contributed by atoms with Gasteiger partial charge >= 0.3 is 5.97 Å². The number of para-hydroxylation sites is 2. The molecule has 7 heteroatoms. The SMILES string of the molecule is CCOC(=O)CCC(=O)N(CC(=O)N1c2ccccc2-n2cccc2C1c1ccc(C)cc1)C1CC1. The van der Waals surface area contributed by atoms with E-state index in [4.69, 9.17) is 4.74 Å². The van der Waals surface area contributed by atoms with Gasteiger partial charge in [0.15, 0.2) is 0 Å². The van der Waals surface area contributed by atoms with Crippen molar-refractivity contribution in [2.45, 2.75) is 51.6 Å². The van der Waals surface area contributed by atoms with Crippen LogP contribution < -0.4 is 4.90 Å². The van der Waals surface area contributed by atoms with Crippen molar-refractivity contribution in [2.24, 2.45) is 0 Å². The molecule has 1 aromatic heterocycles. The number of aromatic nitrogens is 1. The van der Waals surface area contributed by atoms with E-state index in [-0.39, 0.29) is 49.9 Å². The van der Waals surface area contributed by atoms with Crippen LogP contribution in [0.1, 0.15) is 55.5 Å². The number of anilines is 1. The van der Waals surface area contributed by atoms with Crippen LogP contribution in [0.2, 0.25) is 0 Å². The quantitative estimate of drug-likeness (QED) is 0.439. The Kier molecular flexibility index (Phi) is 6.63. The van der Waals surface area contributed by atoms with E-state index in [1.807, 2.05) is 54.4 Å². The molecule has 1 unspecified atom stereocenters. The van der Waals surface area contributed by atoms with Gasteiger partial charge < -0.3 is 14.2 Å². The number of amides is 2. The molecular weight excluding hydrogens is 454 g/mol. The fourth-order valence-corrected chi connectivity index (χ4v) is 4.94. The molecule has 0 radical (unpaired) electrons. The average molecular weight is 486 g/mol. The van der Waals surface area contributed by atoms with Crippen LogP contribution in [0.5, 0.6) is 0 Å². The monoisotopic (exact) mass is 485 g/mol. The molecule has 3 aromatic rings. The number of aryl methyl sites for hydroxylation is 1. The lowest BCUT2D eigenvalue weighted by atomic mass is 9.97. The van der Waals surface area contributed by atoms with Gasteiger partial charge in [-0.1, -0.05) is 42.0 Å². The third-order valence-corrected chi connectivity index (χ3v) is 6.84. The summed E-state index contributed by atoms with van der Waals surface area (Å²) in [5, 5.41) is 0. The zero-order valence-corrected chi connectivity index (χ0v) is 20.7. The van der Waals surface area contributed by atoms with Crippen molar-refractivity contribution >= 4 is 23.5 Å². The first-order chi connectivity index (χ1) is 17.5. The van der Waals surface area contributed by atoms with Crippen LogP contribution in [0.15, 0.2) is 66.9 Å². The Balaban J connectivity index is 1.47. The van der Waals surface area contributed by atoms with E-state index < -0.39 is 5.97 Å². The minimum Gasteiger partial charge on any atom is -0.466 e.